The van der Waals surface area contributed by atoms with E-state index in [4.69, 9.17) is 14.2 Å². The maximum absolute atomic E-state index is 13.0. The number of hydrogen-bond donors (Lipinski definition) is 0. The summed E-state index contributed by atoms with van der Waals surface area (Å²) >= 11 is 1.51. The van der Waals surface area contributed by atoms with Gasteiger partial charge in [0.1, 0.15) is 18.1 Å². The Labute approximate surface area is 191 Å². The standard InChI is InChI=1S/C24H24N2O5S/c1-16-21(23(28)30-13-12-29-2)22(26-20(27)11-14-32-24(26)25-16)17-7-6-10-19(15-17)31-18-8-4-3-5-9-18/h3-10,15,22H,11-14H2,1-2H3/t22-/m1/s1. The van der Waals surface area contributed by atoms with Crippen LogP contribution in [0.25, 0.3) is 0 Å². The third-order valence-corrected chi connectivity index (χ3v) is 6.05. The van der Waals surface area contributed by atoms with Crippen molar-refractivity contribution in [1.29, 1.82) is 0 Å². The highest BCUT2D eigenvalue weighted by molar-refractivity contribution is 8.14. The fourth-order valence-electron chi connectivity index (χ4n) is 3.64. The maximum atomic E-state index is 13.0. The second kappa shape index (κ2) is 10.0. The maximum Gasteiger partial charge on any atom is 0.338 e. The average molecular weight is 453 g/mol. The molecule has 7 nitrogen and oxygen atoms in total. The van der Waals surface area contributed by atoms with Gasteiger partial charge in [-0.1, -0.05) is 42.1 Å². The number of ether oxygens (including phenoxy) is 3. The first-order valence-corrected chi connectivity index (χ1v) is 11.3. The number of para-hydroxylation sites is 1. The molecule has 8 heteroatoms. The molecule has 0 N–H and O–H groups in total. The van der Waals surface area contributed by atoms with E-state index >= 15 is 0 Å². The lowest BCUT2D eigenvalue weighted by Crippen LogP contribution is -2.45. The van der Waals surface area contributed by atoms with Gasteiger partial charge in [-0.15, -0.1) is 0 Å². The number of hydrogen-bond acceptors (Lipinski definition) is 7. The van der Waals surface area contributed by atoms with Crippen LogP contribution in [0.3, 0.4) is 0 Å². The van der Waals surface area contributed by atoms with Crippen molar-refractivity contribution in [3.8, 4) is 11.5 Å². The van der Waals surface area contributed by atoms with Crippen molar-refractivity contribution in [2.24, 2.45) is 4.99 Å². The van der Waals surface area contributed by atoms with Crippen LogP contribution in [0.2, 0.25) is 0 Å². The summed E-state index contributed by atoms with van der Waals surface area (Å²) in [6, 6.07) is 16.2. The van der Waals surface area contributed by atoms with E-state index in [2.05, 4.69) is 4.99 Å². The number of carbonyl (C=O) groups excluding carboxylic acids is 2. The van der Waals surface area contributed by atoms with Crippen LogP contribution in [0.5, 0.6) is 11.5 Å². The molecule has 0 aromatic heterocycles. The van der Waals surface area contributed by atoms with Crippen molar-refractivity contribution in [1.82, 2.24) is 4.90 Å². The van der Waals surface area contributed by atoms with E-state index in [1.54, 1.807) is 18.9 Å². The highest BCUT2D eigenvalue weighted by atomic mass is 32.2. The van der Waals surface area contributed by atoms with Crippen molar-refractivity contribution >= 4 is 28.8 Å². The summed E-state index contributed by atoms with van der Waals surface area (Å²) in [6.45, 7) is 2.18. The molecule has 0 radical (unpaired) electrons. The molecule has 0 unspecified atom stereocenters. The Morgan fingerprint density at radius 2 is 1.91 bits per heavy atom. The number of methoxy groups -OCH3 is 1. The molecule has 0 spiro atoms. The first-order chi connectivity index (χ1) is 15.6. The lowest BCUT2D eigenvalue weighted by atomic mass is 9.94. The number of amidine groups is 1. The van der Waals surface area contributed by atoms with E-state index in [0.29, 0.717) is 40.1 Å². The lowest BCUT2D eigenvalue weighted by Gasteiger charge is -2.39. The highest BCUT2D eigenvalue weighted by Crippen LogP contribution is 2.41. The molecule has 0 bridgehead atoms. The monoisotopic (exact) mass is 452 g/mol. The molecule has 4 rings (SSSR count). The van der Waals surface area contributed by atoms with Crippen LogP contribution in [0.4, 0.5) is 0 Å². The van der Waals surface area contributed by atoms with Gasteiger partial charge in [0, 0.05) is 19.3 Å². The molecule has 1 saturated heterocycles. The summed E-state index contributed by atoms with van der Waals surface area (Å²) in [7, 11) is 1.54. The van der Waals surface area contributed by atoms with Crippen molar-refractivity contribution in [2.45, 2.75) is 19.4 Å². The number of thioether (sulfide) groups is 1. The Morgan fingerprint density at radius 1 is 1.12 bits per heavy atom. The number of amides is 1. The minimum absolute atomic E-state index is 0.0726. The van der Waals surface area contributed by atoms with Gasteiger partial charge in [-0.05, 0) is 36.8 Å². The Hall–Kier alpha value is -3.10. The number of rotatable bonds is 7. The zero-order valence-electron chi connectivity index (χ0n) is 17.9. The van der Waals surface area contributed by atoms with Crippen LogP contribution in [0.1, 0.15) is 24.9 Å². The molecule has 0 aliphatic carbocycles. The van der Waals surface area contributed by atoms with Gasteiger partial charge in [-0.2, -0.15) is 0 Å². The summed E-state index contributed by atoms with van der Waals surface area (Å²) in [5, 5.41) is 0.603. The molecule has 2 aliphatic rings. The molecule has 2 aromatic carbocycles. The zero-order chi connectivity index (χ0) is 22.5. The van der Waals surface area contributed by atoms with E-state index in [1.807, 2.05) is 54.6 Å². The van der Waals surface area contributed by atoms with Gasteiger partial charge in [0.05, 0.1) is 23.9 Å². The van der Waals surface area contributed by atoms with Gasteiger partial charge < -0.3 is 14.2 Å². The zero-order valence-corrected chi connectivity index (χ0v) is 18.8. The quantitative estimate of drug-likeness (QED) is 0.460. The second-order valence-corrected chi connectivity index (χ2v) is 8.34. The van der Waals surface area contributed by atoms with E-state index in [1.165, 1.54) is 11.8 Å². The predicted octanol–water partition coefficient (Wildman–Crippen LogP) is 4.32. The Bertz CT molecular complexity index is 1070. The van der Waals surface area contributed by atoms with Gasteiger partial charge in [0.2, 0.25) is 5.91 Å². The summed E-state index contributed by atoms with van der Waals surface area (Å²) in [5.74, 6) is 1.39. The topological polar surface area (TPSA) is 77.4 Å². The van der Waals surface area contributed by atoms with Gasteiger partial charge in [0.15, 0.2) is 5.17 Å². The number of carbonyl (C=O) groups is 2. The smallest absolute Gasteiger partial charge is 0.338 e. The van der Waals surface area contributed by atoms with Crippen LogP contribution < -0.4 is 4.74 Å². The number of allylic oxidation sites excluding steroid dienone is 1. The molecular weight excluding hydrogens is 428 g/mol. The first-order valence-electron chi connectivity index (χ1n) is 10.3. The fraction of sp³-hybridized carbons (Fsp3) is 0.292. The van der Waals surface area contributed by atoms with Crippen molar-refractivity contribution < 1.29 is 23.8 Å². The largest absolute Gasteiger partial charge is 0.460 e. The number of esters is 1. The number of aliphatic imine (C=N–C) groups is 1. The minimum atomic E-state index is -0.642. The van der Waals surface area contributed by atoms with Gasteiger partial charge in [-0.25, -0.2) is 9.79 Å². The van der Waals surface area contributed by atoms with Crippen LogP contribution in [-0.2, 0) is 19.1 Å². The molecule has 32 heavy (non-hydrogen) atoms. The fourth-order valence-corrected chi connectivity index (χ4v) is 4.65. The Morgan fingerprint density at radius 3 is 2.69 bits per heavy atom. The second-order valence-electron chi connectivity index (χ2n) is 7.27. The van der Waals surface area contributed by atoms with E-state index in [0.717, 1.165) is 5.56 Å². The van der Waals surface area contributed by atoms with Crippen LogP contribution >= 0.6 is 11.8 Å². The summed E-state index contributed by atoms with van der Waals surface area (Å²) < 4.78 is 16.4. The Kier molecular flexibility index (Phi) is 6.92. The normalized spacial score (nSPS) is 18.2. The van der Waals surface area contributed by atoms with E-state index < -0.39 is 12.0 Å². The number of fused-ring (bicyclic) bond motifs is 1. The molecule has 1 atom stereocenters. The predicted molar refractivity (Wildman–Crippen MR) is 123 cm³/mol. The van der Waals surface area contributed by atoms with E-state index in [9.17, 15) is 9.59 Å². The third kappa shape index (κ3) is 4.71. The van der Waals surface area contributed by atoms with Crippen molar-refractivity contribution in [3.05, 3.63) is 71.4 Å². The molecule has 166 valence electrons. The number of nitrogens with zero attached hydrogens (tertiary/aromatic N) is 2. The molecule has 2 aromatic rings. The summed E-state index contributed by atoms with van der Waals surface area (Å²) in [4.78, 5) is 32.1. The summed E-state index contributed by atoms with van der Waals surface area (Å²) in [5.41, 5.74) is 1.64. The first kappa shape index (κ1) is 22.1. The summed E-state index contributed by atoms with van der Waals surface area (Å²) in [6.07, 6.45) is 0.380. The van der Waals surface area contributed by atoms with Gasteiger partial charge in [-0.3, -0.25) is 9.69 Å². The van der Waals surface area contributed by atoms with Crippen molar-refractivity contribution in [3.63, 3.8) is 0 Å². The SMILES string of the molecule is COCCOC(=O)C1=C(C)N=C2SCCC(=O)N2[C@@H]1c1cccc(Oc2ccccc2)c1. The number of benzene rings is 2. The molecule has 1 amide bonds. The van der Waals surface area contributed by atoms with Gasteiger partial charge in [0.25, 0.3) is 0 Å². The van der Waals surface area contributed by atoms with Crippen LogP contribution in [-0.4, -0.2) is 48.0 Å². The molecule has 0 saturated carbocycles. The van der Waals surface area contributed by atoms with Gasteiger partial charge >= 0.3 is 5.97 Å². The molecule has 2 heterocycles. The van der Waals surface area contributed by atoms with Crippen LogP contribution in [0, 0.1) is 0 Å². The molecular formula is C24H24N2O5S. The lowest BCUT2D eigenvalue weighted by molar-refractivity contribution is -0.141. The molecule has 2 aliphatic heterocycles. The van der Waals surface area contributed by atoms with Crippen LogP contribution in [0.15, 0.2) is 70.9 Å². The highest BCUT2D eigenvalue weighted by Gasteiger charge is 2.41. The van der Waals surface area contributed by atoms with E-state index in [-0.39, 0.29) is 19.1 Å². The van der Waals surface area contributed by atoms with Crippen molar-refractivity contribution in [2.75, 3.05) is 26.1 Å². The average Bonchev–Trinajstić information content (AvgIpc) is 2.79. The molecule has 1 fully saturated rings. The minimum Gasteiger partial charge on any atom is -0.460 e. The Balaban J connectivity index is 1.72. The third-order valence-electron chi connectivity index (χ3n) is 5.10.